The van der Waals surface area contributed by atoms with Gasteiger partial charge in [0.2, 0.25) is 0 Å². The maximum Gasteiger partial charge on any atom is 0.256 e. The van der Waals surface area contributed by atoms with Gasteiger partial charge in [-0.2, -0.15) is 0 Å². The largest absolute Gasteiger partial charge is 0.322 e. The van der Waals surface area contributed by atoms with Gasteiger partial charge in [-0.15, -0.1) is 11.3 Å². The standard InChI is InChI=1S/C17H20INOS/c1-10(2)12-5-6-15(14(7-12)11(3)4)19-17(20)13-8-16(18)21-9-13/h5-11H,1-4H3,(H,19,20). The zero-order valence-corrected chi connectivity index (χ0v) is 15.7. The Morgan fingerprint density at radius 1 is 1.14 bits per heavy atom. The van der Waals surface area contributed by atoms with Gasteiger partial charge in [-0.05, 0) is 57.7 Å². The summed E-state index contributed by atoms with van der Waals surface area (Å²) in [6.45, 7) is 8.68. The molecule has 0 bridgehead atoms. The van der Waals surface area contributed by atoms with E-state index in [-0.39, 0.29) is 5.91 Å². The van der Waals surface area contributed by atoms with Crippen LogP contribution in [-0.2, 0) is 0 Å². The highest BCUT2D eigenvalue weighted by Crippen LogP contribution is 2.29. The van der Waals surface area contributed by atoms with E-state index in [9.17, 15) is 4.79 Å². The number of thiophene rings is 1. The number of hydrogen-bond acceptors (Lipinski definition) is 2. The molecule has 1 heterocycles. The molecule has 2 rings (SSSR count). The third-order valence-electron chi connectivity index (χ3n) is 3.44. The Balaban J connectivity index is 2.29. The molecule has 0 saturated heterocycles. The van der Waals surface area contributed by atoms with Crippen molar-refractivity contribution in [2.45, 2.75) is 39.5 Å². The lowest BCUT2D eigenvalue weighted by atomic mass is 9.94. The Morgan fingerprint density at radius 3 is 2.38 bits per heavy atom. The molecule has 0 fully saturated rings. The summed E-state index contributed by atoms with van der Waals surface area (Å²) in [6.07, 6.45) is 0. The van der Waals surface area contributed by atoms with Gasteiger partial charge in [0.05, 0.1) is 8.45 Å². The predicted molar refractivity (Wildman–Crippen MR) is 99.6 cm³/mol. The molecule has 4 heteroatoms. The van der Waals surface area contributed by atoms with Crippen molar-refractivity contribution >= 4 is 45.5 Å². The van der Waals surface area contributed by atoms with Crippen molar-refractivity contribution in [3.63, 3.8) is 0 Å². The minimum absolute atomic E-state index is 0.0339. The highest BCUT2D eigenvalue weighted by Gasteiger charge is 2.14. The number of nitrogens with one attached hydrogen (secondary N) is 1. The number of carbonyl (C=O) groups excluding carboxylic acids is 1. The summed E-state index contributed by atoms with van der Waals surface area (Å²) in [6, 6.07) is 8.25. The fraction of sp³-hybridized carbons (Fsp3) is 0.353. The molecule has 0 atom stereocenters. The minimum Gasteiger partial charge on any atom is -0.322 e. The first kappa shape index (κ1) is 16.5. The molecule has 112 valence electrons. The van der Waals surface area contributed by atoms with E-state index >= 15 is 0 Å². The van der Waals surface area contributed by atoms with Gasteiger partial charge in [-0.1, -0.05) is 39.8 Å². The van der Waals surface area contributed by atoms with Gasteiger partial charge < -0.3 is 5.32 Å². The SMILES string of the molecule is CC(C)c1ccc(NC(=O)c2csc(I)c2)c(C(C)C)c1. The van der Waals surface area contributed by atoms with E-state index in [1.807, 2.05) is 17.5 Å². The zero-order valence-electron chi connectivity index (χ0n) is 12.7. The Labute approximate surface area is 144 Å². The van der Waals surface area contributed by atoms with Crippen LogP contribution in [-0.4, -0.2) is 5.91 Å². The predicted octanol–water partition coefficient (Wildman–Crippen LogP) is 5.85. The average molecular weight is 413 g/mol. The number of carbonyl (C=O) groups is 1. The Bertz CT molecular complexity index is 646. The summed E-state index contributed by atoms with van der Waals surface area (Å²) in [4.78, 5) is 12.3. The van der Waals surface area contributed by atoms with Crippen molar-refractivity contribution in [3.8, 4) is 0 Å². The molecule has 0 aliphatic rings. The van der Waals surface area contributed by atoms with Gasteiger partial charge in [-0.25, -0.2) is 0 Å². The summed E-state index contributed by atoms with van der Waals surface area (Å²) in [7, 11) is 0. The fourth-order valence-corrected chi connectivity index (χ4v) is 3.48. The van der Waals surface area contributed by atoms with Crippen LogP contribution in [0.4, 0.5) is 5.69 Å². The number of benzene rings is 1. The molecule has 0 saturated carbocycles. The number of amides is 1. The molecule has 21 heavy (non-hydrogen) atoms. The number of rotatable bonds is 4. The molecule has 1 aromatic heterocycles. The van der Waals surface area contributed by atoms with E-state index in [4.69, 9.17) is 0 Å². The summed E-state index contributed by atoms with van der Waals surface area (Å²) >= 11 is 3.82. The first-order valence-electron chi connectivity index (χ1n) is 7.07. The van der Waals surface area contributed by atoms with Crippen LogP contribution in [0.25, 0.3) is 0 Å². The minimum atomic E-state index is -0.0339. The van der Waals surface area contributed by atoms with Gasteiger partial charge >= 0.3 is 0 Å². The van der Waals surface area contributed by atoms with E-state index in [1.54, 1.807) is 11.3 Å². The molecule has 1 amide bonds. The monoisotopic (exact) mass is 413 g/mol. The first-order valence-corrected chi connectivity index (χ1v) is 9.03. The topological polar surface area (TPSA) is 29.1 Å². The molecule has 2 nitrogen and oxygen atoms in total. The summed E-state index contributed by atoms with van der Waals surface area (Å²) in [5, 5.41) is 4.95. The number of anilines is 1. The molecule has 1 N–H and O–H groups in total. The van der Waals surface area contributed by atoms with Crippen LogP contribution in [0.15, 0.2) is 29.6 Å². The van der Waals surface area contributed by atoms with Crippen molar-refractivity contribution in [2.75, 3.05) is 5.32 Å². The highest BCUT2D eigenvalue weighted by atomic mass is 127. The smallest absolute Gasteiger partial charge is 0.256 e. The van der Waals surface area contributed by atoms with Gasteiger partial charge in [0.15, 0.2) is 0 Å². The Kier molecular flexibility index (Phi) is 5.43. The lowest BCUT2D eigenvalue weighted by Crippen LogP contribution is -2.13. The van der Waals surface area contributed by atoms with Crippen molar-refractivity contribution in [1.29, 1.82) is 0 Å². The molecule has 0 unspecified atom stereocenters. The normalized spacial score (nSPS) is 11.2. The second-order valence-corrected chi connectivity index (χ2v) is 8.56. The highest BCUT2D eigenvalue weighted by molar-refractivity contribution is 14.1. The van der Waals surface area contributed by atoms with Gasteiger partial charge in [0.25, 0.3) is 5.91 Å². The Hall–Kier alpha value is -0.880. The number of hydrogen-bond donors (Lipinski definition) is 1. The third kappa shape index (κ3) is 4.07. The zero-order chi connectivity index (χ0) is 15.6. The molecule has 0 aliphatic carbocycles. The van der Waals surface area contributed by atoms with Crippen LogP contribution in [0.2, 0.25) is 0 Å². The van der Waals surface area contributed by atoms with Gasteiger partial charge in [0, 0.05) is 11.1 Å². The summed E-state index contributed by atoms with van der Waals surface area (Å²) < 4.78 is 1.12. The van der Waals surface area contributed by atoms with Crippen molar-refractivity contribution in [3.05, 3.63) is 49.2 Å². The van der Waals surface area contributed by atoms with Crippen molar-refractivity contribution in [1.82, 2.24) is 0 Å². The molecule has 1 aromatic carbocycles. The maximum atomic E-state index is 12.3. The molecular formula is C17H20INOS. The van der Waals surface area contributed by atoms with Crippen LogP contribution in [0.3, 0.4) is 0 Å². The summed E-state index contributed by atoms with van der Waals surface area (Å²) in [5.74, 6) is 0.834. The number of halogens is 1. The van der Waals surface area contributed by atoms with E-state index in [2.05, 4.69) is 67.7 Å². The quantitative estimate of drug-likeness (QED) is 0.626. The lowest BCUT2D eigenvalue weighted by molar-refractivity contribution is 0.102. The van der Waals surface area contributed by atoms with Crippen LogP contribution < -0.4 is 5.32 Å². The van der Waals surface area contributed by atoms with Crippen LogP contribution in [0, 0.1) is 2.88 Å². The van der Waals surface area contributed by atoms with Crippen LogP contribution in [0.5, 0.6) is 0 Å². The second kappa shape index (κ2) is 6.92. The van der Waals surface area contributed by atoms with Gasteiger partial charge in [-0.3, -0.25) is 4.79 Å². The average Bonchev–Trinajstić information content (AvgIpc) is 2.85. The maximum absolute atomic E-state index is 12.3. The Morgan fingerprint density at radius 2 is 1.86 bits per heavy atom. The van der Waals surface area contributed by atoms with Crippen molar-refractivity contribution < 1.29 is 4.79 Å². The second-order valence-electron chi connectivity index (χ2n) is 5.75. The third-order valence-corrected chi connectivity index (χ3v) is 5.23. The van der Waals surface area contributed by atoms with Crippen LogP contribution >= 0.6 is 33.9 Å². The van der Waals surface area contributed by atoms with Gasteiger partial charge in [0.1, 0.15) is 0 Å². The first-order chi connectivity index (χ1) is 9.88. The molecule has 0 radical (unpaired) electrons. The molecule has 0 aliphatic heterocycles. The van der Waals surface area contributed by atoms with E-state index < -0.39 is 0 Å². The van der Waals surface area contributed by atoms with E-state index in [0.717, 1.165) is 14.1 Å². The fourth-order valence-electron chi connectivity index (χ4n) is 2.16. The molecule has 2 aromatic rings. The van der Waals surface area contributed by atoms with E-state index in [0.29, 0.717) is 11.8 Å². The van der Waals surface area contributed by atoms with E-state index in [1.165, 1.54) is 11.1 Å². The lowest BCUT2D eigenvalue weighted by Gasteiger charge is -2.16. The molecule has 0 spiro atoms. The van der Waals surface area contributed by atoms with Crippen molar-refractivity contribution in [2.24, 2.45) is 0 Å². The summed E-state index contributed by atoms with van der Waals surface area (Å²) in [5.41, 5.74) is 4.15. The van der Waals surface area contributed by atoms with Crippen LogP contribution in [0.1, 0.15) is 61.0 Å². The molecular weight excluding hydrogens is 393 g/mol.